The van der Waals surface area contributed by atoms with Crippen LogP contribution in [0.4, 0.5) is 0 Å². The van der Waals surface area contributed by atoms with E-state index in [0.717, 1.165) is 0 Å². The van der Waals surface area contributed by atoms with Crippen molar-refractivity contribution in [2.24, 2.45) is 5.92 Å². The second-order valence-corrected chi connectivity index (χ2v) is 7.11. The first-order valence-electron chi connectivity index (χ1n) is 6.19. The zero-order chi connectivity index (χ0) is 14.9. The standard InChI is InChI=1S/C13H17N3O3S/c1-8(2)6-19-13-11-10(20(17,18)9(3)4)5-14-12(11)15-7-16-13/h5,7-8H,3,6H2,1-2,4H3,(H,14,15,16). The average molecular weight is 295 g/mol. The molecule has 1 N–H and O–H groups in total. The molecule has 0 saturated heterocycles. The van der Waals surface area contributed by atoms with Crippen molar-refractivity contribution < 1.29 is 13.2 Å². The Morgan fingerprint density at radius 1 is 1.45 bits per heavy atom. The molecule has 0 aromatic carbocycles. The Morgan fingerprint density at radius 2 is 2.15 bits per heavy atom. The van der Waals surface area contributed by atoms with Crippen molar-refractivity contribution >= 4 is 20.9 Å². The highest BCUT2D eigenvalue weighted by molar-refractivity contribution is 7.95. The van der Waals surface area contributed by atoms with Gasteiger partial charge in [-0.1, -0.05) is 20.4 Å². The second-order valence-electron chi connectivity index (χ2n) is 4.97. The van der Waals surface area contributed by atoms with Gasteiger partial charge < -0.3 is 9.72 Å². The fraction of sp³-hybridized carbons (Fsp3) is 0.385. The Bertz CT molecular complexity index is 747. The number of sulfone groups is 1. The third-order valence-electron chi connectivity index (χ3n) is 2.70. The average Bonchev–Trinajstić information content (AvgIpc) is 2.80. The summed E-state index contributed by atoms with van der Waals surface area (Å²) in [5, 5.41) is 0.371. The minimum atomic E-state index is -3.61. The molecule has 0 saturated carbocycles. The molecule has 7 heteroatoms. The monoisotopic (exact) mass is 295 g/mol. The molecule has 2 heterocycles. The lowest BCUT2D eigenvalue weighted by molar-refractivity contribution is 0.264. The molecule has 2 rings (SSSR count). The highest BCUT2D eigenvalue weighted by atomic mass is 32.2. The number of nitrogens with one attached hydrogen (secondary N) is 1. The number of H-pyrrole nitrogens is 1. The predicted molar refractivity (Wildman–Crippen MR) is 76.2 cm³/mol. The van der Waals surface area contributed by atoms with Crippen LogP contribution in [0.1, 0.15) is 20.8 Å². The molecule has 0 bridgehead atoms. The first kappa shape index (κ1) is 14.5. The first-order valence-corrected chi connectivity index (χ1v) is 7.68. The normalized spacial score (nSPS) is 12.0. The van der Waals surface area contributed by atoms with Crippen molar-refractivity contribution in [3.8, 4) is 5.88 Å². The van der Waals surface area contributed by atoms with Crippen LogP contribution in [0.2, 0.25) is 0 Å². The number of hydrogen-bond acceptors (Lipinski definition) is 5. The molecule has 108 valence electrons. The van der Waals surface area contributed by atoms with E-state index in [4.69, 9.17) is 4.74 Å². The maximum atomic E-state index is 12.3. The van der Waals surface area contributed by atoms with E-state index in [1.807, 2.05) is 13.8 Å². The summed E-state index contributed by atoms with van der Waals surface area (Å²) in [4.78, 5) is 11.0. The third kappa shape index (κ3) is 2.53. The van der Waals surface area contributed by atoms with Gasteiger partial charge in [-0.15, -0.1) is 0 Å². The molecule has 0 spiro atoms. The number of fused-ring (bicyclic) bond motifs is 1. The van der Waals surface area contributed by atoms with Gasteiger partial charge in [0, 0.05) is 11.1 Å². The van der Waals surface area contributed by atoms with E-state index in [9.17, 15) is 8.42 Å². The summed E-state index contributed by atoms with van der Waals surface area (Å²) in [5.74, 6) is 0.574. The Morgan fingerprint density at radius 3 is 2.75 bits per heavy atom. The molecule has 2 aromatic heterocycles. The van der Waals surface area contributed by atoms with Gasteiger partial charge in [0.2, 0.25) is 15.7 Å². The molecular weight excluding hydrogens is 278 g/mol. The number of hydrogen-bond donors (Lipinski definition) is 1. The van der Waals surface area contributed by atoms with Gasteiger partial charge in [-0.3, -0.25) is 0 Å². The minimum absolute atomic E-state index is 0.0667. The van der Waals surface area contributed by atoms with Crippen LogP contribution in [0, 0.1) is 5.92 Å². The zero-order valence-corrected chi connectivity index (χ0v) is 12.5. The largest absolute Gasteiger partial charge is 0.477 e. The van der Waals surface area contributed by atoms with E-state index in [0.29, 0.717) is 23.6 Å². The van der Waals surface area contributed by atoms with Crippen molar-refractivity contribution in [1.82, 2.24) is 15.0 Å². The fourth-order valence-electron chi connectivity index (χ4n) is 1.66. The van der Waals surface area contributed by atoms with Crippen molar-refractivity contribution in [2.45, 2.75) is 25.7 Å². The van der Waals surface area contributed by atoms with Crippen molar-refractivity contribution in [3.63, 3.8) is 0 Å². The van der Waals surface area contributed by atoms with Crippen LogP contribution >= 0.6 is 0 Å². The van der Waals surface area contributed by atoms with Crippen molar-refractivity contribution in [2.75, 3.05) is 6.61 Å². The second kappa shape index (κ2) is 5.24. The number of nitrogens with zero attached hydrogens (tertiary/aromatic N) is 2. The van der Waals surface area contributed by atoms with Crippen molar-refractivity contribution in [3.05, 3.63) is 24.0 Å². The number of allylic oxidation sites excluding steroid dienone is 1. The van der Waals surface area contributed by atoms with Gasteiger partial charge in [-0.05, 0) is 12.8 Å². The van der Waals surface area contributed by atoms with Crippen LogP contribution in [0.25, 0.3) is 11.0 Å². The summed E-state index contributed by atoms with van der Waals surface area (Å²) in [6.45, 7) is 9.41. The summed E-state index contributed by atoms with van der Waals surface area (Å²) in [5.41, 5.74) is 0.429. The Labute approximate surface area is 117 Å². The molecule has 0 aliphatic rings. The number of aromatic nitrogens is 3. The van der Waals surface area contributed by atoms with Crippen LogP contribution < -0.4 is 4.74 Å². The SMILES string of the molecule is C=C(C)S(=O)(=O)c1c[nH]c2ncnc(OCC(C)C)c12. The van der Waals surface area contributed by atoms with Crippen LogP contribution in [-0.2, 0) is 9.84 Å². The topological polar surface area (TPSA) is 84.9 Å². The molecular formula is C13H17N3O3S. The first-order chi connectivity index (χ1) is 9.34. The lowest BCUT2D eigenvalue weighted by atomic mass is 10.2. The molecule has 0 aliphatic carbocycles. The molecule has 20 heavy (non-hydrogen) atoms. The summed E-state index contributed by atoms with van der Waals surface area (Å²) in [7, 11) is -3.61. The van der Waals surface area contributed by atoms with Gasteiger partial charge in [0.15, 0.2) is 0 Å². The smallest absolute Gasteiger partial charge is 0.227 e. The summed E-state index contributed by atoms with van der Waals surface area (Å²) >= 11 is 0. The third-order valence-corrected chi connectivity index (χ3v) is 4.52. The summed E-state index contributed by atoms with van der Waals surface area (Å²) < 4.78 is 30.1. The molecule has 2 aromatic rings. The molecule has 0 fully saturated rings. The fourth-order valence-corrected chi connectivity index (χ4v) is 2.70. The summed E-state index contributed by atoms with van der Waals surface area (Å²) in [6, 6.07) is 0. The molecule has 0 atom stereocenters. The predicted octanol–water partition coefficient (Wildman–Crippen LogP) is 2.30. The molecule has 0 aliphatic heterocycles. The van der Waals surface area contributed by atoms with Crippen LogP contribution in [0.3, 0.4) is 0 Å². The van der Waals surface area contributed by atoms with E-state index in [-0.39, 0.29) is 15.7 Å². The molecule has 0 unspecified atom stereocenters. The molecule has 6 nitrogen and oxygen atoms in total. The molecule has 0 amide bonds. The maximum absolute atomic E-state index is 12.3. The Kier molecular flexibility index (Phi) is 3.80. The number of rotatable bonds is 5. The zero-order valence-electron chi connectivity index (χ0n) is 11.7. The van der Waals surface area contributed by atoms with Gasteiger partial charge in [-0.2, -0.15) is 0 Å². The van der Waals surface area contributed by atoms with E-state index in [2.05, 4.69) is 21.5 Å². The number of aromatic amines is 1. The van der Waals surface area contributed by atoms with E-state index in [1.54, 1.807) is 0 Å². The lowest BCUT2D eigenvalue weighted by Crippen LogP contribution is -2.07. The van der Waals surface area contributed by atoms with Gasteiger partial charge in [-0.25, -0.2) is 18.4 Å². The van der Waals surface area contributed by atoms with E-state index >= 15 is 0 Å². The van der Waals surface area contributed by atoms with Gasteiger partial charge in [0.1, 0.15) is 16.9 Å². The van der Waals surface area contributed by atoms with Gasteiger partial charge in [0.05, 0.1) is 12.0 Å². The Hall–Kier alpha value is -1.89. The van der Waals surface area contributed by atoms with E-state index in [1.165, 1.54) is 19.4 Å². The van der Waals surface area contributed by atoms with Crippen LogP contribution in [0.5, 0.6) is 5.88 Å². The number of ether oxygens (including phenoxy) is 1. The van der Waals surface area contributed by atoms with Crippen molar-refractivity contribution in [1.29, 1.82) is 0 Å². The maximum Gasteiger partial charge on any atom is 0.227 e. The van der Waals surface area contributed by atoms with Crippen LogP contribution in [0.15, 0.2) is 28.9 Å². The Balaban J connectivity index is 2.61. The highest BCUT2D eigenvalue weighted by Gasteiger charge is 2.24. The van der Waals surface area contributed by atoms with Gasteiger partial charge in [0.25, 0.3) is 0 Å². The highest BCUT2D eigenvalue weighted by Crippen LogP contribution is 2.31. The lowest BCUT2D eigenvalue weighted by Gasteiger charge is -2.09. The minimum Gasteiger partial charge on any atom is -0.477 e. The van der Waals surface area contributed by atoms with Gasteiger partial charge >= 0.3 is 0 Å². The molecule has 0 radical (unpaired) electrons. The quantitative estimate of drug-likeness (QED) is 0.914. The van der Waals surface area contributed by atoms with Crippen LogP contribution in [-0.4, -0.2) is 30.0 Å². The summed E-state index contributed by atoms with van der Waals surface area (Å²) in [6.07, 6.45) is 2.73. The van der Waals surface area contributed by atoms with E-state index < -0.39 is 9.84 Å².